The Morgan fingerprint density at radius 1 is 0.909 bits per heavy atom. The Bertz CT molecular complexity index is 830. The van der Waals surface area contributed by atoms with Gasteiger partial charge in [0.05, 0.1) is 0 Å². The van der Waals surface area contributed by atoms with Crippen LogP contribution >= 0.6 is 15.9 Å². The van der Waals surface area contributed by atoms with E-state index in [0.717, 1.165) is 20.8 Å². The average molecular weight is 353 g/mol. The Balaban J connectivity index is 1.78. The van der Waals surface area contributed by atoms with Crippen LogP contribution in [-0.2, 0) is 4.79 Å². The molecule has 0 aromatic heterocycles. The number of fused-ring (bicyclic) bond motifs is 1. The van der Waals surface area contributed by atoms with Crippen molar-refractivity contribution in [1.82, 2.24) is 0 Å². The topological polar surface area (TPSA) is 26.3 Å². The number of carbonyl (C=O) groups excluding carboxylic acids is 1. The van der Waals surface area contributed by atoms with Crippen LogP contribution in [0.2, 0.25) is 0 Å². The van der Waals surface area contributed by atoms with Crippen LogP contribution in [0, 0.1) is 0 Å². The monoisotopic (exact) mass is 352 g/mol. The van der Waals surface area contributed by atoms with Crippen LogP contribution in [-0.4, -0.2) is 5.97 Å². The maximum absolute atomic E-state index is 11.9. The highest BCUT2D eigenvalue weighted by Crippen LogP contribution is 2.20. The first-order valence-electron chi connectivity index (χ1n) is 6.85. The summed E-state index contributed by atoms with van der Waals surface area (Å²) >= 11 is 3.34. The van der Waals surface area contributed by atoms with E-state index >= 15 is 0 Å². The number of hydrogen-bond acceptors (Lipinski definition) is 2. The molecule has 0 saturated carbocycles. The van der Waals surface area contributed by atoms with Gasteiger partial charge in [-0.1, -0.05) is 58.4 Å². The van der Waals surface area contributed by atoms with Crippen LogP contribution in [0.5, 0.6) is 5.75 Å². The second-order valence-corrected chi connectivity index (χ2v) is 5.69. The largest absolute Gasteiger partial charge is 0.423 e. The fourth-order valence-corrected chi connectivity index (χ4v) is 2.47. The van der Waals surface area contributed by atoms with Gasteiger partial charge in [0.15, 0.2) is 0 Å². The Hall–Kier alpha value is -2.39. The molecule has 0 radical (unpaired) electrons. The van der Waals surface area contributed by atoms with E-state index in [2.05, 4.69) is 15.9 Å². The summed E-state index contributed by atoms with van der Waals surface area (Å²) in [7, 11) is 0. The lowest BCUT2D eigenvalue weighted by Gasteiger charge is -2.03. The Kier molecular flexibility index (Phi) is 4.35. The molecule has 2 nitrogen and oxygen atoms in total. The van der Waals surface area contributed by atoms with E-state index in [9.17, 15) is 4.79 Å². The van der Waals surface area contributed by atoms with Gasteiger partial charge in [-0.25, -0.2) is 4.79 Å². The van der Waals surface area contributed by atoms with E-state index < -0.39 is 5.97 Å². The molecule has 0 fully saturated rings. The highest BCUT2D eigenvalue weighted by atomic mass is 79.9. The van der Waals surface area contributed by atoms with Gasteiger partial charge < -0.3 is 4.74 Å². The van der Waals surface area contributed by atoms with Crippen molar-refractivity contribution in [3.63, 3.8) is 0 Å². The summed E-state index contributed by atoms with van der Waals surface area (Å²) in [5.41, 5.74) is 0.992. The summed E-state index contributed by atoms with van der Waals surface area (Å²) in [5.74, 6) is 0.131. The van der Waals surface area contributed by atoms with E-state index in [1.165, 1.54) is 6.08 Å². The smallest absolute Gasteiger partial charge is 0.336 e. The molecule has 0 heterocycles. The Morgan fingerprint density at radius 2 is 1.64 bits per heavy atom. The molecular formula is C19H13BrO2. The Labute approximate surface area is 137 Å². The summed E-state index contributed by atoms with van der Waals surface area (Å²) in [4.78, 5) is 11.9. The highest BCUT2D eigenvalue weighted by Gasteiger charge is 2.01. The van der Waals surface area contributed by atoms with Gasteiger partial charge in [-0.2, -0.15) is 0 Å². The van der Waals surface area contributed by atoms with Crippen LogP contribution in [0.3, 0.4) is 0 Å². The number of halogens is 1. The molecule has 0 aliphatic rings. The maximum atomic E-state index is 11.9. The van der Waals surface area contributed by atoms with Gasteiger partial charge in [0.1, 0.15) is 5.75 Å². The van der Waals surface area contributed by atoms with Gasteiger partial charge in [-0.3, -0.25) is 0 Å². The SMILES string of the molecule is O=C(C=Cc1cccc2ccccc12)Oc1ccc(Br)cc1. The van der Waals surface area contributed by atoms with Crippen molar-refractivity contribution in [2.45, 2.75) is 0 Å². The number of esters is 1. The van der Waals surface area contributed by atoms with Crippen molar-refractivity contribution in [2.24, 2.45) is 0 Å². The molecule has 108 valence electrons. The van der Waals surface area contributed by atoms with Gasteiger partial charge >= 0.3 is 5.97 Å². The van der Waals surface area contributed by atoms with E-state index in [4.69, 9.17) is 4.74 Å². The fourth-order valence-electron chi connectivity index (χ4n) is 2.21. The molecule has 0 saturated heterocycles. The molecular weight excluding hydrogens is 340 g/mol. The van der Waals surface area contributed by atoms with Crippen LogP contribution in [0.4, 0.5) is 0 Å². The first kappa shape index (κ1) is 14.5. The second kappa shape index (κ2) is 6.58. The number of rotatable bonds is 3. The first-order valence-corrected chi connectivity index (χ1v) is 7.65. The second-order valence-electron chi connectivity index (χ2n) is 4.78. The lowest BCUT2D eigenvalue weighted by molar-refractivity contribution is -0.128. The predicted molar refractivity (Wildman–Crippen MR) is 92.8 cm³/mol. The van der Waals surface area contributed by atoms with Crippen LogP contribution < -0.4 is 4.74 Å². The minimum atomic E-state index is -0.393. The minimum absolute atomic E-state index is 0.393. The lowest BCUT2D eigenvalue weighted by Crippen LogP contribution is -2.03. The van der Waals surface area contributed by atoms with E-state index in [1.807, 2.05) is 54.6 Å². The van der Waals surface area contributed by atoms with Crippen LogP contribution in [0.25, 0.3) is 16.8 Å². The van der Waals surface area contributed by atoms with E-state index in [1.54, 1.807) is 18.2 Å². The van der Waals surface area contributed by atoms with Crippen molar-refractivity contribution in [3.05, 3.63) is 82.8 Å². The van der Waals surface area contributed by atoms with Gasteiger partial charge in [0, 0.05) is 10.5 Å². The molecule has 3 aromatic rings. The van der Waals surface area contributed by atoms with Gasteiger partial charge in [-0.15, -0.1) is 0 Å². The van der Waals surface area contributed by atoms with Crippen molar-refractivity contribution >= 4 is 38.7 Å². The molecule has 0 N–H and O–H groups in total. The van der Waals surface area contributed by atoms with Crippen molar-refractivity contribution in [2.75, 3.05) is 0 Å². The first-order chi connectivity index (χ1) is 10.7. The molecule has 0 amide bonds. The lowest BCUT2D eigenvalue weighted by atomic mass is 10.0. The van der Waals surface area contributed by atoms with Crippen molar-refractivity contribution in [1.29, 1.82) is 0 Å². The molecule has 3 aromatic carbocycles. The molecule has 3 heteroatoms. The normalized spacial score (nSPS) is 11.0. The zero-order valence-electron chi connectivity index (χ0n) is 11.7. The van der Waals surface area contributed by atoms with E-state index in [-0.39, 0.29) is 0 Å². The van der Waals surface area contributed by atoms with Gasteiger partial charge in [0.25, 0.3) is 0 Å². The third kappa shape index (κ3) is 3.43. The Morgan fingerprint density at radius 3 is 2.45 bits per heavy atom. The predicted octanol–water partition coefficient (Wildman–Crippen LogP) is 5.22. The standard InChI is InChI=1S/C19H13BrO2/c20-16-9-11-17(12-10-16)22-19(21)13-8-15-6-3-5-14-4-1-2-7-18(14)15/h1-13H. The van der Waals surface area contributed by atoms with Crippen LogP contribution in [0.1, 0.15) is 5.56 Å². The maximum Gasteiger partial charge on any atom is 0.336 e. The number of hydrogen-bond donors (Lipinski definition) is 0. The minimum Gasteiger partial charge on any atom is -0.423 e. The summed E-state index contributed by atoms with van der Waals surface area (Å²) in [5, 5.41) is 2.25. The average Bonchev–Trinajstić information content (AvgIpc) is 2.55. The van der Waals surface area contributed by atoms with Gasteiger partial charge in [-0.05, 0) is 46.7 Å². The highest BCUT2D eigenvalue weighted by molar-refractivity contribution is 9.10. The molecule has 0 spiro atoms. The number of ether oxygens (including phenoxy) is 1. The number of benzene rings is 3. The molecule has 0 aliphatic heterocycles. The summed E-state index contributed by atoms with van der Waals surface area (Å²) in [6, 6.07) is 21.2. The summed E-state index contributed by atoms with van der Waals surface area (Å²) in [6.07, 6.45) is 3.23. The molecule has 22 heavy (non-hydrogen) atoms. The summed E-state index contributed by atoms with van der Waals surface area (Å²) in [6.45, 7) is 0. The quantitative estimate of drug-likeness (QED) is 0.367. The van der Waals surface area contributed by atoms with Gasteiger partial charge in [0.2, 0.25) is 0 Å². The molecule has 0 aliphatic carbocycles. The molecule has 0 unspecified atom stereocenters. The number of carbonyl (C=O) groups is 1. The zero-order valence-corrected chi connectivity index (χ0v) is 13.3. The molecule has 3 rings (SSSR count). The third-order valence-corrected chi connectivity index (χ3v) is 3.78. The van der Waals surface area contributed by atoms with E-state index in [0.29, 0.717) is 5.75 Å². The van der Waals surface area contributed by atoms with Crippen molar-refractivity contribution in [3.8, 4) is 5.75 Å². The molecule has 0 atom stereocenters. The molecule has 0 bridgehead atoms. The van der Waals surface area contributed by atoms with Crippen molar-refractivity contribution < 1.29 is 9.53 Å². The zero-order chi connectivity index (χ0) is 15.4. The fraction of sp³-hybridized carbons (Fsp3) is 0. The third-order valence-electron chi connectivity index (χ3n) is 3.25. The summed E-state index contributed by atoms with van der Waals surface area (Å²) < 4.78 is 6.20. The van der Waals surface area contributed by atoms with Crippen LogP contribution in [0.15, 0.2) is 77.3 Å².